The van der Waals surface area contributed by atoms with Crippen LogP contribution in [0.4, 0.5) is 0 Å². The molecule has 3 rings (SSSR count). The summed E-state index contributed by atoms with van der Waals surface area (Å²) in [5.41, 5.74) is 1.23. The Morgan fingerprint density at radius 1 is 1.21 bits per heavy atom. The molecule has 0 saturated carbocycles. The van der Waals surface area contributed by atoms with Gasteiger partial charge in [-0.3, -0.25) is 14.7 Å². The van der Waals surface area contributed by atoms with Crippen LogP contribution in [0, 0.1) is 0 Å². The zero-order chi connectivity index (χ0) is 16.8. The smallest absolute Gasteiger partial charge is 0.222 e. The normalized spacial score (nSPS) is 17.0. The number of hydrogen-bond acceptors (Lipinski definition) is 4. The monoisotopic (exact) mass is 327 g/mol. The van der Waals surface area contributed by atoms with E-state index in [2.05, 4.69) is 27.9 Å². The SMILES string of the molecule is CC(c1cccnc1)N1CCN(C(=O)CCCn2ccnc2)CC1. The summed E-state index contributed by atoms with van der Waals surface area (Å²) in [5.74, 6) is 0.267. The minimum atomic E-state index is 0.267. The van der Waals surface area contributed by atoms with Crippen LogP contribution in [0.15, 0.2) is 43.2 Å². The number of imidazole rings is 1. The van der Waals surface area contributed by atoms with Gasteiger partial charge < -0.3 is 9.47 Å². The Labute approximate surface area is 143 Å². The van der Waals surface area contributed by atoms with Gasteiger partial charge in [-0.15, -0.1) is 0 Å². The van der Waals surface area contributed by atoms with Crippen molar-refractivity contribution in [3.05, 3.63) is 48.8 Å². The van der Waals surface area contributed by atoms with Crippen LogP contribution in [0.2, 0.25) is 0 Å². The van der Waals surface area contributed by atoms with E-state index < -0.39 is 0 Å². The molecule has 24 heavy (non-hydrogen) atoms. The Hall–Kier alpha value is -2.21. The van der Waals surface area contributed by atoms with E-state index in [0.29, 0.717) is 12.5 Å². The van der Waals surface area contributed by atoms with Crippen molar-refractivity contribution in [3.8, 4) is 0 Å². The average Bonchev–Trinajstić information content (AvgIpc) is 3.15. The number of hydrogen-bond donors (Lipinski definition) is 0. The first-order valence-electron chi connectivity index (χ1n) is 8.61. The summed E-state index contributed by atoms with van der Waals surface area (Å²) in [6.07, 6.45) is 10.7. The number of aryl methyl sites for hydroxylation is 1. The largest absolute Gasteiger partial charge is 0.340 e. The Kier molecular flexibility index (Phi) is 5.59. The van der Waals surface area contributed by atoms with E-state index in [1.165, 1.54) is 5.56 Å². The van der Waals surface area contributed by atoms with Crippen molar-refractivity contribution in [3.63, 3.8) is 0 Å². The average molecular weight is 327 g/mol. The van der Waals surface area contributed by atoms with Gasteiger partial charge in [-0.25, -0.2) is 4.98 Å². The second-order valence-corrected chi connectivity index (χ2v) is 6.28. The summed E-state index contributed by atoms with van der Waals surface area (Å²) < 4.78 is 2.01. The zero-order valence-corrected chi connectivity index (χ0v) is 14.2. The van der Waals surface area contributed by atoms with Crippen LogP contribution >= 0.6 is 0 Å². The molecular weight excluding hydrogens is 302 g/mol. The van der Waals surface area contributed by atoms with Gasteiger partial charge in [-0.2, -0.15) is 0 Å². The van der Waals surface area contributed by atoms with E-state index in [1.54, 1.807) is 18.7 Å². The molecule has 3 heterocycles. The van der Waals surface area contributed by atoms with Crippen molar-refractivity contribution in [1.82, 2.24) is 24.3 Å². The van der Waals surface area contributed by atoms with Gasteiger partial charge in [0.15, 0.2) is 0 Å². The highest BCUT2D eigenvalue weighted by Gasteiger charge is 2.24. The predicted octanol–water partition coefficient (Wildman–Crippen LogP) is 1.96. The highest BCUT2D eigenvalue weighted by atomic mass is 16.2. The van der Waals surface area contributed by atoms with Crippen molar-refractivity contribution in [2.45, 2.75) is 32.4 Å². The highest BCUT2D eigenvalue weighted by molar-refractivity contribution is 5.76. The third-order valence-electron chi connectivity index (χ3n) is 4.75. The molecule has 6 nitrogen and oxygen atoms in total. The first-order chi connectivity index (χ1) is 11.7. The third-order valence-corrected chi connectivity index (χ3v) is 4.75. The van der Waals surface area contributed by atoms with Crippen LogP contribution in [0.1, 0.15) is 31.4 Å². The second kappa shape index (κ2) is 8.06. The van der Waals surface area contributed by atoms with Crippen LogP contribution in [0.3, 0.4) is 0 Å². The van der Waals surface area contributed by atoms with E-state index in [-0.39, 0.29) is 5.91 Å². The molecule has 1 aliphatic rings. The molecule has 1 aliphatic heterocycles. The van der Waals surface area contributed by atoms with E-state index in [1.807, 2.05) is 27.9 Å². The highest BCUT2D eigenvalue weighted by Crippen LogP contribution is 2.20. The van der Waals surface area contributed by atoms with Gasteiger partial charge in [-0.05, 0) is 25.0 Å². The second-order valence-electron chi connectivity index (χ2n) is 6.28. The quantitative estimate of drug-likeness (QED) is 0.814. The van der Waals surface area contributed by atoms with E-state index >= 15 is 0 Å². The molecule has 0 bridgehead atoms. The number of aromatic nitrogens is 3. The summed E-state index contributed by atoms with van der Waals surface area (Å²) in [6, 6.07) is 4.44. The van der Waals surface area contributed by atoms with Gasteiger partial charge in [0.2, 0.25) is 5.91 Å². The van der Waals surface area contributed by atoms with E-state index in [0.717, 1.165) is 39.1 Å². The van der Waals surface area contributed by atoms with Crippen LogP contribution in [0.25, 0.3) is 0 Å². The molecule has 1 atom stereocenters. The van der Waals surface area contributed by atoms with Gasteiger partial charge in [0.1, 0.15) is 0 Å². The standard InChI is InChI=1S/C18H25N5O/c1-16(17-4-2-6-19-14-17)22-10-12-23(13-11-22)18(24)5-3-8-21-9-7-20-15-21/h2,4,6-7,9,14-16H,3,5,8,10-13H2,1H3. The number of amides is 1. The van der Waals surface area contributed by atoms with Crippen LogP contribution in [-0.2, 0) is 11.3 Å². The van der Waals surface area contributed by atoms with Gasteiger partial charge in [0.25, 0.3) is 0 Å². The van der Waals surface area contributed by atoms with Crippen LogP contribution in [0.5, 0.6) is 0 Å². The lowest BCUT2D eigenvalue weighted by Crippen LogP contribution is -2.49. The minimum Gasteiger partial charge on any atom is -0.340 e. The maximum Gasteiger partial charge on any atom is 0.222 e. The third kappa shape index (κ3) is 4.20. The maximum atomic E-state index is 12.3. The summed E-state index contributed by atoms with van der Waals surface area (Å²) in [6.45, 7) is 6.53. The fraction of sp³-hybridized carbons (Fsp3) is 0.500. The number of rotatable bonds is 6. The molecule has 0 N–H and O–H groups in total. The van der Waals surface area contributed by atoms with Gasteiger partial charge in [0, 0.05) is 70.0 Å². The molecule has 2 aromatic heterocycles. The molecule has 2 aromatic rings. The molecule has 0 spiro atoms. The Morgan fingerprint density at radius 2 is 2.04 bits per heavy atom. The lowest BCUT2D eigenvalue weighted by atomic mass is 10.1. The number of carbonyl (C=O) groups excluding carboxylic acids is 1. The van der Waals surface area contributed by atoms with Gasteiger partial charge >= 0.3 is 0 Å². The maximum absolute atomic E-state index is 12.3. The minimum absolute atomic E-state index is 0.267. The van der Waals surface area contributed by atoms with Crippen LogP contribution < -0.4 is 0 Å². The van der Waals surface area contributed by atoms with Crippen molar-refractivity contribution < 1.29 is 4.79 Å². The van der Waals surface area contributed by atoms with Crippen molar-refractivity contribution >= 4 is 5.91 Å². The molecule has 0 radical (unpaired) electrons. The van der Waals surface area contributed by atoms with Crippen molar-refractivity contribution in [2.24, 2.45) is 0 Å². The van der Waals surface area contributed by atoms with Gasteiger partial charge in [0.05, 0.1) is 6.33 Å². The van der Waals surface area contributed by atoms with Gasteiger partial charge in [-0.1, -0.05) is 6.07 Å². The molecule has 1 amide bonds. The number of carbonyl (C=O) groups is 1. The summed E-state index contributed by atoms with van der Waals surface area (Å²) in [5, 5.41) is 0. The molecule has 128 valence electrons. The molecule has 0 aromatic carbocycles. The first-order valence-corrected chi connectivity index (χ1v) is 8.61. The zero-order valence-electron chi connectivity index (χ0n) is 14.2. The molecule has 1 saturated heterocycles. The summed E-state index contributed by atoms with van der Waals surface area (Å²) >= 11 is 0. The van der Waals surface area contributed by atoms with E-state index in [4.69, 9.17) is 0 Å². The molecule has 1 unspecified atom stereocenters. The molecule has 6 heteroatoms. The van der Waals surface area contributed by atoms with Crippen LogP contribution in [-0.4, -0.2) is 56.4 Å². The van der Waals surface area contributed by atoms with Crippen molar-refractivity contribution in [1.29, 1.82) is 0 Å². The molecule has 0 aliphatic carbocycles. The predicted molar refractivity (Wildman–Crippen MR) is 92.3 cm³/mol. The molecule has 1 fully saturated rings. The van der Waals surface area contributed by atoms with Crippen molar-refractivity contribution in [2.75, 3.05) is 26.2 Å². The lowest BCUT2D eigenvalue weighted by molar-refractivity contribution is -0.133. The fourth-order valence-corrected chi connectivity index (χ4v) is 3.18. The summed E-state index contributed by atoms with van der Waals surface area (Å²) in [7, 11) is 0. The Bertz CT molecular complexity index is 620. The topological polar surface area (TPSA) is 54.3 Å². The van der Waals surface area contributed by atoms with E-state index in [9.17, 15) is 4.79 Å². The summed E-state index contributed by atoms with van der Waals surface area (Å²) in [4.78, 5) is 25.0. The Balaban J connectivity index is 1.42. The Morgan fingerprint density at radius 3 is 2.71 bits per heavy atom. The first kappa shape index (κ1) is 16.6. The molecular formula is C18H25N5O. The fourth-order valence-electron chi connectivity index (χ4n) is 3.18. The number of nitrogens with zero attached hydrogens (tertiary/aromatic N) is 5. The lowest BCUT2D eigenvalue weighted by Gasteiger charge is -2.38. The number of pyridine rings is 1. The number of piperazine rings is 1.